The summed E-state index contributed by atoms with van der Waals surface area (Å²) in [5.41, 5.74) is 2.85. The molecule has 3 aromatic rings. The van der Waals surface area contributed by atoms with Crippen LogP contribution < -0.4 is 14.8 Å². The first kappa shape index (κ1) is 22.1. The van der Waals surface area contributed by atoms with E-state index in [0.717, 1.165) is 24.1 Å². The van der Waals surface area contributed by atoms with Gasteiger partial charge in [-0.05, 0) is 67.4 Å². The summed E-state index contributed by atoms with van der Waals surface area (Å²) in [6.07, 6.45) is 0.818. The average molecular weight is 432 g/mol. The number of ether oxygens (including phenoxy) is 2. The Morgan fingerprint density at radius 1 is 0.833 bits per heavy atom. The zero-order chi connectivity index (χ0) is 21.3. The predicted octanol–water partition coefficient (Wildman–Crippen LogP) is 5.93. The van der Waals surface area contributed by atoms with Gasteiger partial charge in [0.25, 0.3) is 0 Å². The monoisotopic (exact) mass is 431 g/mol. The van der Waals surface area contributed by atoms with Crippen LogP contribution in [-0.2, 0) is 19.6 Å². The van der Waals surface area contributed by atoms with Gasteiger partial charge in [-0.25, -0.2) is 8.78 Å². The van der Waals surface area contributed by atoms with Gasteiger partial charge in [-0.15, -0.1) is 0 Å². The molecular weight excluding hydrogens is 408 g/mol. The number of halogens is 3. The number of benzene rings is 3. The minimum atomic E-state index is -0.380. The Balaban J connectivity index is 1.56. The first-order valence-electron chi connectivity index (χ1n) is 9.82. The van der Waals surface area contributed by atoms with Crippen molar-refractivity contribution in [1.82, 2.24) is 5.32 Å². The van der Waals surface area contributed by atoms with Crippen molar-refractivity contribution in [3.63, 3.8) is 0 Å². The number of nitrogens with one attached hydrogen (secondary N) is 1. The van der Waals surface area contributed by atoms with Gasteiger partial charge in [0.1, 0.15) is 18.2 Å². The maximum absolute atomic E-state index is 13.2. The highest BCUT2D eigenvalue weighted by Gasteiger charge is 2.09. The fourth-order valence-electron chi connectivity index (χ4n) is 2.96. The molecule has 3 aromatic carbocycles. The Bertz CT molecular complexity index is 964. The van der Waals surface area contributed by atoms with E-state index < -0.39 is 0 Å². The molecule has 0 atom stereocenters. The van der Waals surface area contributed by atoms with E-state index in [9.17, 15) is 8.78 Å². The van der Waals surface area contributed by atoms with E-state index in [4.69, 9.17) is 21.1 Å². The fourth-order valence-corrected chi connectivity index (χ4v) is 3.18. The molecule has 0 heterocycles. The third-order valence-corrected chi connectivity index (χ3v) is 4.89. The first-order valence-corrected chi connectivity index (χ1v) is 10.2. The van der Waals surface area contributed by atoms with Gasteiger partial charge in [0.05, 0.1) is 11.6 Å². The van der Waals surface area contributed by atoms with Crippen molar-refractivity contribution in [1.29, 1.82) is 0 Å². The Hall–Kier alpha value is -2.63. The first-order chi connectivity index (χ1) is 14.5. The molecule has 158 valence electrons. The van der Waals surface area contributed by atoms with Crippen LogP contribution in [-0.4, -0.2) is 13.2 Å². The molecule has 30 heavy (non-hydrogen) atoms. The SMILES string of the molecule is CCOc1cc(CNCCc2ccc(F)cc2)ccc1OCc1ccc(F)cc1Cl. The topological polar surface area (TPSA) is 30.5 Å². The summed E-state index contributed by atoms with van der Waals surface area (Å²) in [6.45, 7) is 4.08. The molecule has 0 aliphatic carbocycles. The third kappa shape index (κ3) is 6.44. The van der Waals surface area contributed by atoms with Crippen molar-refractivity contribution in [2.24, 2.45) is 0 Å². The molecule has 0 unspecified atom stereocenters. The molecule has 0 radical (unpaired) electrons. The molecule has 6 heteroatoms. The van der Waals surface area contributed by atoms with E-state index in [0.29, 0.717) is 35.2 Å². The lowest BCUT2D eigenvalue weighted by atomic mass is 10.1. The second-order valence-corrected chi connectivity index (χ2v) is 7.20. The van der Waals surface area contributed by atoms with Crippen molar-refractivity contribution in [3.05, 3.63) is 94.0 Å². The lowest BCUT2D eigenvalue weighted by molar-refractivity contribution is 0.269. The summed E-state index contributed by atoms with van der Waals surface area (Å²) < 4.78 is 37.7. The van der Waals surface area contributed by atoms with Crippen LogP contribution in [0.5, 0.6) is 11.5 Å². The van der Waals surface area contributed by atoms with Gasteiger partial charge in [0.2, 0.25) is 0 Å². The van der Waals surface area contributed by atoms with Crippen LogP contribution in [0.1, 0.15) is 23.6 Å². The second kappa shape index (κ2) is 11.0. The molecule has 0 saturated heterocycles. The normalized spacial score (nSPS) is 10.8. The van der Waals surface area contributed by atoms with Crippen molar-refractivity contribution in [3.8, 4) is 11.5 Å². The lowest BCUT2D eigenvalue weighted by Crippen LogP contribution is -2.16. The minimum absolute atomic E-state index is 0.217. The highest BCUT2D eigenvalue weighted by molar-refractivity contribution is 6.31. The van der Waals surface area contributed by atoms with Crippen LogP contribution in [0.3, 0.4) is 0 Å². The van der Waals surface area contributed by atoms with Gasteiger partial charge in [-0.3, -0.25) is 0 Å². The Morgan fingerprint density at radius 2 is 1.57 bits per heavy atom. The summed E-state index contributed by atoms with van der Waals surface area (Å²) in [4.78, 5) is 0. The number of rotatable bonds is 10. The zero-order valence-corrected chi connectivity index (χ0v) is 17.5. The predicted molar refractivity (Wildman–Crippen MR) is 115 cm³/mol. The molecule has 0 aliphatic rings. The summed E-state index contributed by atoms with van der Waals surface area (Å²) >= 11 is 6.07. The van der Waals surface area contributed by atoms with Crippen LogP contribution in [0.25, 0.3) is 0 Å². The quantitative estimate of drug-likeness (QED) is 0.404. The molecule has 0 fully saturated rings. The van der Waals surface area contributed by atoms with Crippen LogP contribution in [0.4, 0.5) is 8.78 Å². The highest BCUT2D eigenvalue weighted by atomic mass is 35.5. The third-order valence-electron chi connectivity index (χ3n) is 4.54. The smallest absolute Gasteiger partial charge is 0.161 e. The highest BCUT2D eigenvalue weighted by Crippen LogP contribution is 2.30. The van der Waals surface area contributed by atoms with Gasteiger partial charge < -0.3 is 14.8 Å². The van der Waals surface area contributed by atoms with Crippen molar-refractivity contribution >= 4 is 11.6 Å². The minimum Gasteiger partial charge on any atom is -0.490 e. The van der Waals surface area contributed by atoms with Crippen LogP contribution in [0.15, 0.2) is 60.7 Å². The summed E-state index contributed by atoms with van der Waals surface area (Å²) in [7, 11) is 0. The fraction of sp³-hybridized carbons (Fsp3) is 0.250. The maximum atomic E-state index is 13.2. The molecule has 0 aromatic heterocycles. The molecule has 3 rings (SSSR count). The summed E-state index contributed by atoms with van der Waals surface area (Å²) in [5.74, 6) is 0.648. The molecule has 0 amide bonds. The standard InChI is InChI=1S/C24H24ClF2NO2/c1-2-29-24-13-18(15-28-12-11-17-3-7-20(26)8-4-17)5-10-23(24)30-16-19-6-9-21(27)14-22(19)25/h3-10,13-14,28H,2,11-12,15-16H2,1H3. The van der Waals surface area contributed by atoms with E-state index in [1.54, 1.807) is 18.2 Å². The van der Waals surface area contributed by atoms with Crippen LogP contribution >= 0.6 is 11.6 Å². The Kier molecular flexibility index (Phi) is 8.05. The van der Waals surface area contributed by atoms with Crippen molar-refractivity contribution in [2.75, 3.05) is 13.2 Å². The van der Waals surface area contributed by atoms with Gasteiger partial charge >= 0.3 is 0 Å². The number of hydrogen-bond acceptors (Lipinski definition) is 3. The molecule has 3 nitrogen and oxygen atoms in total. The van der Waals surface area contributed by atoms with Crippen molar-refractivity contribution < 1.29 is 18.3 Å². The van der Waals surface area contributed by atoms with Gasteiger partial charge in [0, 0.05) is 12.1 Å². The molecule has 0 spiro atoms. The largest absolute Gasteiger partial charge is 0.490 e. The molecule has 1 N–H and O–H groups in total. The van der Waals surface area contributed by atoms with E-state index in [1.807, 2.05) is 25.1 Å². The summed E-state index contributed by atoms with van der Waals surface area (Å²) in [5, 5.41) is 3.71. The average Bonchev–Trinajstić information content (AvgIpc) is 2.73. The van der Waals surface area contributed by atoms with Crippen molar-refractivity contribution in [2.45, 2.75) is 26.5 Å². The van der Waals surface area contributed by atoms with E-state index in [1.165, 1.54) is 24.3 Å². The molecule has 0 saturated carbocycles. The van der Waals surface area contributed by atoms with Gasteiger partial charge in [-0.2, -0.15) is 0 Å². The van der Waals surface area contributed by atoms with E-state index in [-0.39, 0.29) is 18.2 Å². The molecule has 0 bridgehead atoms. The van der Waals surface area contributed by atoms with Gasteiger partial charge in [0.15, 0.2) is 11.5 Å². The van der Waals surface area contributed by atoms with Crippen LogP contribution in [0, 0.1) is 11.6 Å². The van der Waals surface area contributed by atoms with Crippen LogP contribution in [0.2, 0.25) is 5.02 Å². The van der Waals surface area contributed by atoms with Gasteiger partial charge in [-0.1, -0.05) is 35.9 Å². The van der Waals surface area contributed by atoms with E-state index >= 15 is 0 Å². The lowest BCUT2D eigenvalue weighted by Gasteiger charge is -2.14. The maximum Gasteiger partial charge on any atom is 0.161 e. The van der Waals surface area contributed by atoms with E-state index in [2.05, 4.69) is 5.32 Å². The molecule has 0 aliphatic heterocycles. The number of hydrogen-bond donors (Lipinski definition) is 1. The zero-order valence-electron chi connectivity index (χ0n) is 16.8. The Morgan fingerprint density at radius 3 is 2.30 bits per heavy atom. The summed E-state index contributed by atoms with van der Waals surface area (Å²) in [6, 6.07) is 16.5. The Labute approximate surface area is 180 Å². The molecular formula is C24H24ClF2NO2. The second-order valence-electron chi connectivity index (χ2n) is 6.79.